The molecule has 0 heterocycles. The predicted molar refractivity (Wildman–Crippen MR) is 270 cm³/mol. The molecule has 4 unspecified atom stereocenters. The first-order chi connectivity index (χ1) is 34.2. The van der Waals surface area contributed by atoms with Crippen molar-refractivity contribution < 1.29 is 62.1 Å². The van der Waals surface area contributed by atoms with Crippen molar-refractivity contribution in [1.29, 1.82) is 5.41 Å². The lowest BCUT2D eigenvalue weighted by Crippen LogP contribution is -2.61. The van der Waals surface area contributed by atoms with Gasteiger partial charge in [-0.05, 0) is 38.5 Å². The Kier molecular flexibility index (Phi) is 37.4. The number of aliphatic hydroxyl groups is 3. The molecular formula is C46H88N12O13S. The molecule has 25 nitrogen and oxygen atoms in total. The number of primary amides is 1. The maximum absolute atomic E-state index is 13.6. The number of nitrogens with two attached hydrogens (primary N) is 2. The van der Waals surface area contributed by atoms with Crippen LogP contribution in [-0.4, -0.2) is 152 Å². The first-order valence-corrected chi connectivity index (χ1v) is 27.1. The normalized spacial score (nSPS) is 13.8. The number of hydrogen-bond acceptors (Lipinski definition) is 15. The van der Waals surface area contributed by atoms with Gasteiger partial charge in [0.15, 0.2) is 5.96 Å². The number of sulfonamides is 1. The van der Waals surface area contributed by atoms with Crippen LogP contribution in [0.4, 0.5) is 0 Å². The van der Waals surface area contributed by atoms with Gasteiger partial charge in [0.25, 0.3) is 0 Å². The molecule has 0 saturated heterocycles. The van der Waals surface area contributed by atoms with E-state index in [0.717, 1.165) is 32.1 Å². The van der Waals surface area contributed by atoms with Crippen molar-refractivity contribution in [3.05, 3.63) is 0 Å². The lowest BCUT2D eigenvalue weighted by molar-refractivity contribution is -0.134. The summed E-state index contributed by atoms with van der Waals surface area (Å²) in [6.07, 6.45) is 13.3. The Bertz CT molecular complexity index is 1760. The molecule has 0 aliphatic carbocycles. The molecular weight excluding hydrogens is 961 g/mol. The SMILES string of the molecule is CCCCCCCCCCCCCCCC(=O)NS(=O)(=O)CCCC(=O)NCC(=O)NC(CO)C(=O)N[C@@H](CCC(N)=O)C(O)NC(CCCNC(=N)N)C(=O)NC(CO)C(=O)N[C@@H](CCCC)C(=O)NC. The van der Waals surface area contributed by atoms with Gasteiger partial charge in [-0.25, -0.2) is 8.42 Å². The zero-order valence-corrected chi connectivity index (χ0v) is 43.6. The van der Waals surface area contributed by atoms with Crippen LogP contribution in [0.5, 0.6) is 0 Å². The van der Waals surface area contributed by atoms with Gasteiger partial charge in [-0.2, -0.15) is 0 Å². The summed E-state index contributed by atoms with van der Waals surface area (Å²) in [5.74, 6) is -7.34. The van der Waals surface area contributed by atoms with Crippen LogP contribution in [0.1, 0.15) is 162 Å². The van der Waals surface area contributed by atoms with Gasteiger partial charge >= 0.3 is 0 Å². The largest absolute Gasteiger partial charge is 0.394 e. The molecule has 0 saturated carbocycles. The Balaban J connectivity index is 5.30. The molecule has 0 aliphatic heterocycles. The van der Waals surface area contributed by atoms with Gasteiger partial charge < -0.3 is 64.0 Å². The number of guanidine groups is 1. The molecule has 0 aromatic rings. The summed E-state index contributed by atoms with van der Waals surface area (Å²) in [7, 11) is -2.63. The number of likely N-dealkylation sites (N-methyl/N-ethyl adjacent to an activating group) is 1. The van der Waals surface area contributed by atoms with Crippen LogP contribution in [0.25, 0.3) is 0 Å². The molecule has 72 heavy (non-hydrogen) atoms. The van der Waals surface area contributed by atoms with E-state index < -0.39 is 126 Å². The number of carbonyl (C=O) groups excluding carboxylic acids is 8. The fraction of sp³-hybridized carbons (Fsp3) is 0.804. The zero-order chi connectivity index (χ0) is 54.3. The summed E-state index contributed by atoms with van der Waals surface area (Å²) in [6.45, 7) is 1.64. The third kappa shape index (κ3) is 33.5. The van der Waals surface area contributed by atoms with Gasteiger partial charge in [0.1, 0.15) is 24.4 Å². The number of amides is 8. The molecule has 0 aromatic carbocycles. The van der Waals surface area contributed by atoms with Gasteiger partial charge in [-0.1, -0.05) is 104 Å². The van der Waals surface area contributed by atoms with E-state index in [0.29, 0.717) is 12.8 Å². The molecule has 26 heteroatoms. The highest BCUT2D eigenvalue weighted by Crippen LogP contribution is 2.13. The fourth-order valence-corrected chi connectivity index (χ4v) is 8.41. The monoisotopic (exact) mass is 1050 g/mol. The van der Waals surface area contributed by atoms with Crippen LogP contribution < -0.4 is 58.7 Å². The Morgan fingerprint density at radius 1 is 0.542 bits per heavy atom. The minimum Gasteiger partial charge on any atom is -0.394 e. The van der Waals surface area contributed by atoms with Crippen molar-refractivity contribution in [1.82, 2.24) is 47.3 Å². The predicted octanol–water partition coefficient (Wildman–Crippen LogP) is -1.52. The van der Waals surface area contributed by atoms with Crippen molar-refractivity contribution in [3.8, 4) is 0 Å². The average Bonchev–Trinajstić information content (AvgIpc) is 3.33. The van der Waals surface area contributed by atoms with Gasteiger partial charge in [0, 0.05) is 32.9 Å². The molecule has 0 aliphatic rings. The number of hydrogen-bond donors (Lipinski definition) is 15. The molecule has 6 atom stereocenters. The van der Waals surface area contributed by atoms with Crippen LogP contribution in [0.3, 0.4) is 0 Å². The van der Waals surface area contributed by atoms with Crippen LogP contribution in [0.15, 0.2) is 0 Å². The lowest BCUT2D eigenvalue weighted by atomic mass is 10.0. The van der Waals surface area contributed by atoms with E-state index >= 15 is 0 Å². The Morgan fingerprint density at radius 3 is 1.58 bits per heavy atom. The highest BCUT2D eigenvalue weighted by Gasteiger charge is 2.32. The van der Waals surface area contributed by atoms with Crippen LogP contribution in [-0.2, 0) is 48.4 Å². The molecule has 0 bridgehead atoms. The number of unbranched alkanes of at least 4 members (excludes halogenated alkanes) is 13. The minimum atomic E-state index is -4.02. The van der Waals surface area contributed by atoms with E-state index in [2.05, 4.69) is 49.5 Å². The number of carbonyl (C=O) groups is 8. The Labute approximate surface area is 425 Å². The van der Waals surface area contributed by atoms with Crippen LogP contribution in [0, 0.1) is 5.41 Å². The molecule has 0 fully saturated rings. The molecule has 416 valence electrons. The van der Waals surface area contributed by atoms with E-state index in [-0.39, 0.29) is 57.5 Å². The zero-order valence-electron chi connectivity index (χ0n) is 42.8. The van der Waals surface area contributed by atoms with Gasteiger partial charge in [0.2, 0.25) is 57.3 Å². The lowest BCUT2D eigenvalue weighted by Gasteiger charge is -2.30. The topological polar surface area (TPSA) is 416 Å². The average molecular weight is 1050 g/mol. The second-order valence-electron chi connectivity index (χ2n) is 17.8. The summed E-state index contributed by atoms with van der Waals surface area (Å²) in [6, 6.07) is -6.95. The summed E-state index contributed by atoms with van der Waals surface area (Å²) in [5.41, 5.74) is 10.7. The van der Waals surface area contributed by atoms with Crippen molar-refractivity contribution in [3.63, 3.8) is 0 Å². The molecule has 0 radical (unpaired) electrons. The third-order valence-electron chi connectivity index (χ3n) is 11.5. The molecule has 0 aromatic heterocycles. The van der Waals surface area contributed by atoms with E-state index in [1.807, 2.05) is 11.6 Å². The van der Waals surface area contributed by atoms with Crippen molar-refractivity contribution in [2.45, 2.75) is 198 Å². The van der Waals surface area contributed by atoms with Crippen molar-refractivity contribution >= 4 is 63.2 Å². The van der Waals surface area contributed by atoms with E-state index in [9.17, 15) is 62.1 Å². The fourth-order valence-electron chi connectivity index (χ4n) is 7.33. The van der Waals surface area contributed by atoms with E-state index in [1.54, 1.807) is 0 Å². The molecule has 0 spiro atoms. The van der Waals surface area contributed by atoms with E-state index in [1.165, 1.54) is 58.4 Å². The maximum Gasteiger partial charge on any atom is 0.245 e. The third-order valence-corrected chi connectivity index (χ3v) is 12.9. The minimum absolute atomic E-state index is 0.0603. The summed E-state index contributed by atoms with van der Waals surface area (Å²) in [5, 5.41) is 58.1. The van der Waals surface area contributed by atoms with Gasteiger partial charge in [-0.15, -0.1) is 0 Å². The highest BCUT2D eigenvalue weighted by molar-refractivity contribution is 7.90. The number of nitrogens with one attached hydrogen (secondary N) is 10. The second kappa shape index (κ2) is 40.3. The highest BCUT2D eigenvalue weighted by atomic mass is 32.2. The standard InChI is InChI=1S/C46H88N12O13S/c1-4-6-8-9-10-11-12-13-14-15-16-17-18-23-39(63)58-72(70,71)28-20-24-38(62)52-29-40(64)53-35(30-59)44(68)56-34(25-26-37(47)61)43(67)55-33(22-19-27-51-46(48)49)42(66)57-36(31-60)45(69)54-32(21-7-5-2)41(65)50-3/h32-36,43,55,59-60,67H,4-31H2,1-3H3,(H2,47,61)(H,50,65)(H,52,62)(H,53,64)(H,54,69)(H,56,68)(H,57,66)(H,58,63)(H4,48,49,51)/t32-,33?,34-,35?,36?,43?/m0/s1. The molecule has 0 rings (SSSR count). The quantitative estimate of drug-likeness (QED) is 0.0143. The summed E-state index contributed by atoms with van der Waals surface area (Å²) < 4.78 is 26.9. The van der Waals surface area contributed by atoms with Crippen molar-refractivity contribution in [2.24, 2.45) is 11.5 Å². The summed E-state index contributed by atoms with van der Waals surface area (Å²) >= 11 is 0. The van der Waals surface area contributed by atoms with Gasteiger partial charge in [-0.3, -0.25) is 53.8 Å². The van der Waals surface area contributed by atoms with Crippen molar-refractivity contribution in [2.75, 3.05) is 39.1 Å². The summed E-state index contributed by atoms with van der Waals surface area (Å²) in [4.78, 5) is 102. The Morgan fingerprint density at radius 2 is 1.04 bits per heavy atom. The van der Waals surface area contributed by atoms with E-state index in [4.69, 9.17) is 16.9 Å². The number of rotatable bonds is 44. The first kappa shape index (κ1) is 66.8. The van der Waals surface area contributed by atoms with Crippen LogP contribution >= 0.6 is 0 Å². The maximum atomic E-state index is 13.6. The molecule has 17 N–H and O–H groups in total. The first-order valence-electron chi connectivity index (χ1n) is 25.5. The number of aliphatic hydroxyl groups excluding tert-OH is 3. The van der Waals surface area contributed by atoms with Gasteiger partial charge in [0.05, 0.1) is 37.6 Å². The second-order valence-corrected chi connectivity index (χ2v) is 19.7. The Hall–Kier alpha value is -5.18. The molecule has 8 amide bonds. The van der Waals surface area contributed by atoms with Crippen LogP contribution in [0.2, 0.25) is 0 Å². The smallest absolute Gasteiger partial charge is 0.245 e.